The molecule has 1 aliphatic carbocycles. The molecular formula is C18H34O3. The lowest BCUT2D eigenvalue weighted by atomic mass is 9.70. The van der Waals surface area contributed by atoms with Crippen molar-refractivity contribution >= 4 is 5.97 Å². The highest BCUT2D eigenvalue weighted by molar-refractivity contribution is 5.76. The zero-order valence-electron chi connectivity index (χ0n) is 15.0. The summed E-state index contributed by atoms with van der Waals surface area (Å²) in [5.41, 5.74) is -1.44. The van der Waals surface area contributed by atoms with Crippen molar-refractivity contribution in [2.75, 3.05) is 0 Å². The van der Waals surface area contributed by atoms with E-state index in [1.165, 1.54) is 0 Å². The summed E-state index contributed by atoms with van der Waals surface area (Å²) in [6.07, 6.45) is 4.83. The highest BCUT2D eigenvalue weighted by Gasteiger charge is 2.41. The van der Waals surface area contributed by atoms with E-state index in [1.54, 1.807) is 0 Å². The van der Waals surface area contributed by atoms with E-state index in [-0.39, 0.29) is 5.97 Å². The average Bonchev–Trinajstić information content (AvgIpc) is 2.37. The van der Waals surface area contributed by atoms with E-state index in [0.29, 0.717) is 11.8 Å². The van der Waals surface area contributed by atoms with E-state index in [1.807, 2.05) is 48.5 Å². The van der Waals surface area contributed by atoms with E-state index in [2.05, 4.69) is 0 Å². The van der Waals surface area contributed by atoms with Crippen LogP contribution in [0.2, 0.25) is 0 Å². The quantitative estimate of drug-likeness (QED) is 0.769. The van der Waals surface area contributed by atoms with Gasteiger partial charge < -0.3 is 9.84 Å². The molecule has 3 heteroatoms. The van der Waals surface area contributed by atoms with Crippen LogP contribution in [0.5, 0.6) is 0 Å². The molecule has 1 fully saturated rings. The number of carbonyl (C=O) groups excluding carboxylic acids is 1. The average molecular weight is 298 g/mol. The van der Waals surface area contributed by atoms with Gasteiger partial charge >= 0.3 is 5.97 Å². The molecule has 1 N–H and O–H groups in total. The fraction of sp³-hybridized carbons (Fsp3) is 0.944. The van der Waals surface area contributed by atoms with Crippen molar-refractivity contribution in [3.8, 4) is 0 Å². The molecule has 0 radical (unpaired) electrons. The number of carbonyl (C=O) groups is 1. The van der Waals surface area contributed by atoms with E-state index in [9.17, 15) is 9.90 Å². The summed E-state index contributed by atoms with van der Waals surface area (Å²) in [6.45, 7) is 13.8. The molecule has 21 heavy (non-hydrogen) atoms. The second-order valence-electron chi connectivity index (χ2n) is 8.43. The zero-order valence-corrected chi connectivity index (χ0v) is 15.0. The van der Waals surface area contributed by atoms with Crippen LogP contribution in [0, 0.1) is 17.3 Å². The Hall–Kier alpha value is -0.570. The number of rotatable bonds is 5. The summed E-state index contributed by atoms with van der Waals surface area (Å²) in [6, 6.07) is 0. The topological polar surface area (TPSA) is 46.5 Å². The SMILES string of the molecule is CCC(C)(C)C(=O)OC(C)(C)C1CCC(C(C)(C)O)CC1. The molecule has 0 saturated heterocycles. The highest BCUT2D eigenvalue weighted by atomic mass is 16.6. The van der Waals surface area contributed by atoms with Crippen molar-refractivity contribution in [1.82, 2.24) is 0 Å². The van der Waals surface area contributed by atoms with E-state index in [4.69, 9.17) is 4.74 Å². The normalized spacial score (nSPS) is 24.8. The van der Waals surface area contributed by atoms with Crippen molar-refractivity contribution in [2.24, 2.45) is 17.3 Å². The van der Waals surface area contributed by atoms with Gasteiger partial charge in [-0.25, -0.2) is 0 Å². The van der Waals surface area contributed by atoms with E-state index >= 15 is 0 Å². The zero-order chi connectivity index (χ0) is 16.5. The lowest BCUT2D eigenvalue weighted by Crippen LogP contribution is -2.44. The maximum Gasteiger partial charge on any atom is 0.312 e. The Morgan fingerprint density at radius 2 is 1.43 bits per heavy atom. The first-order valence-corrected chi connectivity index (χ1v) is 8.36. The summed E-state index contributed by atoms with van der Waals surface area (Å²) < 4.78 is 5.85. The maximum absolute atomic E-state index is 12.3. The molecule has 1 aliphatic rings. The Morgan fingerprint density at radius 1 is 1.00 bits per heavy atom. The molecule has 0 atom stereocenters. The lowest BCUT2D eigenvalue weighted by Gasteiger charge is -2.42. The van der Waals surface area contributed by atoms with Crippen molar-refractivity contribution in [3.63, 3.8) is 0 Å². The molecule has 0 unspecified atom stereocenters. The number of hydrogen-bond donors (Lipinski definition) is 1. The van der Waals surface area contributed by atoms with Gasteiger partial charge in [-0.3, -0.25) is 4.79 Å². The minimum Gasteiger partial charge on any atom is -0.459 e. The van der Waals surface area contributed by atoms with Gasteiger partial charge in [-0.2, -0.15) is 0 Å². The number of esters is 1. The second kappa shape index (κ2) is 6.28. The monoisotopic (exact) mass is 298 g/mol. The predicted octanol–water partition coefficient (Wildman–Crippen LogP) is 4.32. The Kier molecular flexibility index (Phi) is 5.52. The van der Waals surface area contributed by atoms with Crippen molar-refractivity contribution in [3.05, 3.63) is 0 Å². The molecule has 0 aromatic heterocycles. The fourth-order valence-corrected chi connectivity index (χ4v) is 3.10. The van der Waals surface area contributed by atoms with Crippen LogP contribution in [0.3, 0.4) is 0 Å². The Labute approximate surface area is 130 Å². The first-order valence-electron chi connectivity index (χ1n) is 8.36. The van der Waals surface area contributed by atoms with Crippen molar-refractivity contribution in [2.45, 2.75) is 91.8 Å². The van der Waals surface area contributed by atoms with Gasteiger partial charge in [0, 0.05) is 0 Å². The number of ether oxygens (including phenoxy) is 1. The van der Waals surface area contributed by atoms with Crippen LogP contribution in [0.15, 0.2) is 0 Å². The molecule has 0 aromatic carbocycles. The first-order chi connectivity index (χ1) is 9.40. The van der Waals surface area contributed by atoms with E-state index in [0.717, 1.165) is 32.1 Å². The Morgan fingerprint density at radius 3 is 1.81 bits per heavy atom. The van der Waals surface area contributed by atoms with Crippen LogP contribution in [0.25, 0.3) is 0 Å². The van der Waals surface area contributed by atoms with Crippen LogP contribution >= 0.6 is 0 Å². The van der Waals surface area contributed by atoms with Gasteiger partial charge in [0.05, 0.1) is 11.0 Å². The van der Waals surface area contributed by atoms with Gasteiger partial charge in [0.1, 0.15) is 5.60 Å². The predicted molar refractivity (Wildman–Crippen MR) is 86.0 cm³/mol. The van der Waals surface area contributed by atoms with E-state index < -0.39 is 16.6 Å². The van der Waals surface area contributed by atoms with Gasteiger partial charge in [0.2, 0.25) is 0 Å². The van der Waals surface area contributed by atoms with Crippen molar-refractivity contribution < 1.29 is 14.6 Å². The molecule has 0 aromatic rings. The minimum absolute atomic E-state index is 0.0976. The third kappa shape index (κ3) is 4.70. The van der Waals surface area contributed by atoms with Gasteiger partial charge in [-0.1, -0.05) is 6.92 Å². The largest absolute Gasteiger partial charge is 0.459 e. The van der Waals surface area contributed by atoms with Crippen LogP contribution in [0.4, 0.5) is 0 Å². The molecule has 0 amide bonds. The molecule has 0 bridgehead atoms. The molecule has 1 rings (SSSR count). The van der Waals surface area contributed by atoms with Gasteiger partial charge in [-0.05, 0) is 85.5 Å². The summed E-state index contributed by atoms with van der Waals surface area (Å²) in [7, 11) is 0. The smallest absolute Gasteiger partial charge is 0.312 e. The van der Waals surface area contributed by atoms with Gasteiger partial charge in [-0.15, -0.1) is 0 Å². The standard InChI is InChI=1S/C18H34O3/c1-8-16(2,3)15(19)21-18(6,7)14-11-9-13(10-12-14)17(4,5)20/h13-14,20H,8-12H2,1-7H3. The maximum atomic E-state index is 12.3. The summed E-state index contributed by atoms with van der Waals surface area (Å²) >= 11 is 0. The summed E-state index contributed by atoms with van der Waals surface area (Å²) in [4.78, 5) is 12.3. The molecule has 0 spiro atoms. The van der Waals surface area contributed by atoms with Crippen LogP contribution in [-0.2, 0) is 9.53 Å². The van der Waals surface area contributed by atoms with Crippen molar-refractivity contribution in [1.29, 1.82) is 0 Å². The molecule has 0 aliphatic heterocycles. The lowest BCUT2D eigenvalue weighted by molar-refractivity contribution is -0.175. The summed E-state index contributed by atoms with van der Waals surface area (Å²) in [5, 5.41) is 10.1. The van der Waals surface area contributed by atoms with Crippen LogP contribution in [-0.4, -0.2) is 22.3 Å². The Bertz CT molecular complexity index is 355. The molecule has 0 heterocycles. The third-order valence-electron chi connectivity index (χ3n) is 5.50. The van der Waals surface area contributed by atoms with Gasteiger partial charge in [0.25, 0.3) is 0 Å². The molecular weight excluding hydrogens is 264 g/mol. The fourth-order valence-electron chi connectivity index (χ4n) is 3.10. The third-order valence-corrected chi connectivity index (χ3v) is 5.50. The Balaban J connectivity index is 2.63. The number of hydrogen-bond acceptors (Lipinski definition) is 3. The second-order valence-corrected chi connectivity index (χ2v) is 8.43. The number of aliphatic hydroxyl groups is 1. The summed E-state index contributed by atoms with van der Waals surface area (Å²) in [5.74, 6) is 0.639. The van der Waals surface area contributed by atoms with Gasteiger partial charge in [0.15, 0.2) is 0 Å². The molecule has 1 saturated carbocycles. The highest BCUT2D eigenvalue weighted by Crippen LogP contribution is 2.41. The van der Waals surface area contributed by atoms with Crippen LogP contribution < -0.4 is 0 Å². The molecule has 124 valence electrons. The molecule has 3 nitrogen and oxygen atoms in total. The minimum atomic E-state index is -0.601. The first kappa shape index (κ1) is 18.5. The van der Waals surface area contributed by atoms with Crippen LogP contribution in [0.1, 0.15) is 80.6 Å².